The lowest BCUT2D eigenvalue weighted by Gasteiger charge is -2.41. The minimum atomic E-state index is 0.310. The van der Waals surface area contributed by atoms with Gasteiger partial charge in [0.15, 0.2) is 0 Å². The molecule has 0 spiro atoms. The third kappa shape index (κ3) is 7.08. The first kappa shape index (κ1) is 28.6. The average Bonchev–Trinajstić information content (AvgIpc) is 3.05. The first-order valence-electron chi connectivity index (χ1n) is 15.5. The molecule has 4 aromatic rings. The van der Waals surface area contributed by atoms with Gasteiger partial charge in [0.2, 0.25) is 0 Å². The van der Waals surface area contributed by atoms with Crippen molar-refractivity contribution in [3.63, 3.8) is 0 Å². The molecule has 4 nitrogen and oxygen atoms in total. The summed E-state index contributed by atoms with van der Waals surface area (Å²) < 4.78 is 0. The zero-order chi connectivity index (χ0) is 28.6. The molecule has 0 unspecified atom stereocenters. The van der Waals surface area contributed by atoms with E-state index in [2.05, 4.69) is 148 Å². The van der Waals surface area contributed by atoms with Gasteiger partial charge >= 0.3 is 0 Å². The first-order chi connectivity index (χ1) is 20.7. The molecule has 2 aliphatic heterocycles. The van der Waals surface area contributed by atoms with Gasteiger partial charge in [-0.15, -0.1) is 0 Å². The molecule has 0 bridgehead atoms. The Kier molecular flexibility index (Phi) is 9.58. The fourth-order valence-electron chi connectivity index (χ4n) is 6.81. The van der Waals surface area contributed by atoms with Gasteiger partial charge in [-0.1, -0.05) is 128 Å². The van der Waals surface area contributed by atoms with E-state index in [-0.39, 0.29) is 0 Å². The van der Waals surface area contributed by atoms with Crippen LogP contribution in [0.2, 0.25) is 0 Å². The number of rotatable bonds is 10. The lowest BCUT2D eigenvalue weighted by Crippen LogP contribution is -2.50. The summed E-state index contributed by atoms with van der Waals surface area (Å²) in [5.41, 5.74) is 6.84. The zero-order valence-electron chi connectivity index (χ0n) is 24.8. The van der Waals surface area contributed by atoms with Crippen molar-refractivity contribution in [2.45, 2.75) is 12.1 Å². The van der Waals surface area contributed by atoms with Gasteiger partial charge in [0.1, 0.15) is 0 Å². The van der Waals surface area contributed by atoms with E-state index in [1.165, 1.54) is 27.8 Å². The van der Waals surface area contributed by atoms with Crippen molar-refractivity contribution < 1.29 is 0 Å². The number of hydrogen-bond donors (Lipinski definition) is 0. The molecule has 0 atom stereocenters. The summed E-state index contributed by atoms with van der Waals surface area (Å²) in [5.74, 6) is 0. The minimum absolute atomic E-state index is 0.310. The summed E-state index contributed by atoms with van der Waals surface area (Å²) in [7, 11) is 0. The predicted molar refractivity (Wildman–Crippen MR) is 175 cm³/mol. The van der Waals surface area contributed by atoms with E-state index >= 15 is 0 Å². The van der Waals surface area contributed by atoms with Gasteiger partial charge in [-0.25, -0.2) is 0 Å². The molecule has 0 saturated carbocycles. The van der Waals surface area contributed by atoms with Crippen LogP contribution in [0, 0.1) is 0 Å². The lowest BCUT2D eigenvalue weighted by molar-refractivity contribution is 0.104. The molecule has 0 aliphatic carbocycles. The highest BCUT2D eigenvalue weighted by atomic mass is 15.3. The standard InChI is InChI=1S/C38H44N4/c1-32(30-39-22-26-41(27-23-39)37(33-14-6-2-7-15-33)34-16-8-3-9-17-34)31-40-24-28-42(29-25-40)38(35-18-10-4-11-19-35)36-20-12-5-13-21-36/h2-21,37-38H,1,22-31H2. The Morgan fingerprint density at radius 2 is 0.690 bits per heavy atom. The summed E-state index contributed by atoms with van der Waals surface area (Å²) in [6.45, 7) is 15.1. The summed E-state index contributed by atoms with van der Waals surface area (Å²) in [6, 6.07) is 44.5. The summed E-state index contributed by atoms with van der Waals surface area (Å²) >= 11 is 0. The maximum atomic E-state index is 4.53. The maximum absolute atomic E-state index is 4.53. The molecule has 0 amide bonds. The second-order valence-electron chi connectivity index (χ2n) is 11.8. The van der Waals surface area contributed by atoms with E-state index in [0.717, 1.165) is 65.4 Å². The molecule has 42 heavy (non-hydrogen) atoms. The van der Waals surface area contributed by atoms with Gasteiger partial charge in [-0.3, -0.25) is 19.6 Å². The molecule has 0 radical (unpaired) electrons. The smallest absolute Gasteiger partial charge is 0.0602 e. The van der Waals surface area contributed by atoms with Gasteiger partial charge in [0.05, 0.1) is 12.1 Å². The average molecular weight is 557 g/mol. The molecule has 216 valence electrons. The Labute approximate surface area is 252 Å². The van der Waals surface area contributed by atoms with Gasteiger partial charge < -0.3 is 0 Å². The SMILES string of the molecule is C=C(CN1CCN(C(c2ccccc2)c2ccccc2)CC1)CN1CCN(C(c2ccccc2)c2ccccc2)CC1. The normalized spacial score (nSPS) is 17.6. The molecule has 2 fully saturated rings. The predicted octanol–water partition coefficient (Wildman–Crippen LogP) is 6.36. The van der Waals surface area contributed by atoms with Gasteiger partial charge in [-0.05, 0) is 27.8 Å². The van der Waals surface area contributed by atoms with E-state index in [0.29, 0.717) is 12.1 Å². The van der Waals surface area contributed by atoms with Crippen molar-refractivity contribution in [1.82, 2.24) is 19.6 Å². The molecule has 2 saturated heterocycles. The minimum Gasteiger partial charge on any atom is -0.297 e. The van der Waals surface area contributed by atoms with E-state index in [1.807, 2.05) is 0 Å². The maximum Gasteiger partial charge on any atom is 0.0602 e. The van der Waals surface area contributed by atoms with Crippen LogP contribution in [0.15, 0.2) is 133 Å². The van der Waals surface area contributed by atoms with E-state index < -0.39 is 0 Å². The monoisotopic (exact) mass is 556 g/mol. The second-order valence-corrected chi connectivity index (χ2v) is 11.8. The van der Waals surface area contributed by atoms with Crippen LogP contribution in [0.5, 0.6) is 0 Å². The Hall–Kier alpha value is -3.54. The fraction of sp³-hybridized carbons (Fsp3) is 0.316. The van der Waals surface area contributed by atoms with Gasteiger partial charge in [0.25, 0.3) is 0 Å². The van der Waals surface area contributed by atoms with Crippen LogP contribution in [-0.4, -0.2) is 85.0 Å². The van der Waals surface area contributed by atoms with Crippen molar-refractivity contribution >= 4 is 0 Å². The number of benzene rings is 4. The molecule has 4 aromatic carbocycles. The van der Waals surface area contributed by atoms with Crippen LogP contribution in [0.4, 0.5) is 0 Å². The lowest BCUT2D eigenvalue weighted by atomic mass is 9.96. The molecule has 0 N–H and O–H groups in total. The van der Waals surface area contributed by atoms with E-state index in [9.17, 15) is 0 Å². The molecule has 2 aliphatic rings. The van der Waals surface area contributed by atoms with E-state index in [1.54, 1.807) is 0 Å². The summed E-state index contributed by atoms with van der Waals surface area (Å²) in [4.78, 5) is 10.5. The van der Waals surface area contributed by atoms with Crippen molar-refractivity contribution in [2.24, 2.45) is 0 Å². The van der Waals surface area contributed by atoms with Crippen LogP contribution >= 0.6 is 0 Å². The van der Waals surface area contributed by atoms with Gasteiger partial charge in [0, 0.05) is 65.4 Å². The van der Waals surface area contributed by atoms with Crippen LogP contribution in [0.1, 0.15) is 34.3 Å². The number of piperazine rings is 2. The molecule has 6 rings (SSSR count). The highest BCUT2D eigenvalue weighted by Gasteiger charge is 2.28. The summed E-state index contributed by atoms with van der Waals surface area (Å²) in [5, 5.41) is 0. The van der Waals surface area contributed by atoms with Crippen LogP contribution < -0.4 is 0 Å². The molecule has 4 heteroatoms. The van der Waals surface area contributed by atoms with Crippen molar-refractivity contribution in [3.05, 3.63) is 156 Å². The Morgan fingerprint density at radius 1 is 0.429 bits per heavy atom. The highest BCUT2D eigenvalue weighted by molar-refractivity contribution is 5.33. The van der Waals surface area contributed by atoms with Crippen molar-refractivity contribution in [2.75, 3.05) is 65.4 Å². The molecular weight excluding hydrogens is 512 g/mol. The topological polar surface area (TPSA) is 13.0 Å². The largest absolute Gasteiger partial charge is 0.297 e. The first-order valence-corrected chi connectivity index (χ1v) is 15.5. The Balaban J connectivity index is 1.00. The third-order valence-corrected chi connectivity index (χ3v) is 8.90. The van der Waals surface area contributed by atoms with Crippen LogP contribution in [-0.2, 0) is 0 Å². The molecule has 0 aromatic heterocycles. The van der Waals surface area contributed by atoms with Crippen LogP contribution in [0.25, 0.3) is 0 Å². The number of nitrogens with zero attached hydrogens (tertiary/aromatic N) is 4. The molecule has 2 heterocycles. The number of hydrogen-bond acceptors (Lipinski definition) is 4. The zero-order valence-corrected chi connectivity index (χ0v) is 24.8. The summed E-state index contributed by atoms with van der Waals surface area (Å²) in [6.07, 6.45) is 0. The molecular formula is C38H44N4. The highest BCUT2D eigenvalue weighted by Crippen LogP contribution is 2.31. The van der Waals surface area contributed by atoms with Crippen LogP contribution in [0.3, 0.4) is 0 Å². The Bertz CT molecular complexity index is 1170. The van der Waals surface area contributed by atoms with Gasteiger partial charge in [-0.2, -0.15) is 0 Å². The quantitative estimate of drug-likeness (QED) is 0.211. The second kappa shape index (κ2) is 14.1. The van der Waals surface area contributed by atoms with Crippen molar-refractivity contribution in [1.29, 1.82) is 0 Å². The Morgan fingerprint density at radius 3 is 0.952 bits per heavy atom. The third-order valence-electron chi connectivity index (χ3n) is 8.90. The fourth-order valence-corrected chi connectivity index (χ4v) is 6.81. The van der Waals surface area contributed by atoms with E-state index in [4.69, 9.17) is 0 Å². The van der Waals surface area contributed by atoms with Crippen molar-refractivity contribution in [3.8, 4) is 0 Å².